The van der Waals surface area contributed by atoms with Crippen LogP contribution in [0.5, 0.6) is 0 Å². The first-order valence-electron chi connectivity index (χ1n) is 13.3. The number of amides is 1. The fraction of sp³-hybridized carbons (Fsp3) is 0.152. The average Bonchev–Trinajstić information content (AvgIpc) is 3.44. The van der Waals surface area contributed by atoms with E-state index in [-0.39, 0.29) is 17.8 Å². The van der Waals surface area contributed by atoms with Crippen LogP contribution in [0.4, 0.5) is 4.39 Å². The molecule has 0 atom stereocenters. The molecule has 6 rings (SSSR count). The SMILES string of the molecule is O=C(c1cc(-c2ccc(F)cc2)nn1-c1cccc(Cl)c1)N1CCN(C(c2ccccc2)c2ccccc2)CC1. The first-order chi connectivity index (χ1) is 19.6. The second-order valence-electron chi connectivity index (χ2n) is 9.87. The van der Waals surface area contributed by atoms with Crippen molar-refractivity contribution >= 4 is 17.5 Å². The Morgan fingerprint density at radius 3 is 1.98 bits per heavy atom. The van der Waals surface area contributed by atoms with Gasteiger partial charge < -0.3 is 4.90 Å². The number of carbonyl (C=O) groups excluding carboxylic acids is 1. The summed E-state index contributed by atoms with van der Waals surface area (Å²) in [5.74, 6) is -0.423. The van der Waals surface area contributed by atoms with Gasteiger partial charge in [0.25, 0.3) is 5.91 Å². The second kappa shape index (κ2) is 11.5. The molecule has 0 spiro atoms. The molecule has 4 aromatic carbocycles. The summed E-state index contributed by atoms with van der Waals surface area (Å²) in [4.78, 5) is 18.3. The van der Waals surface area contributed by atoms with E-state index in [9.17, 15) is 9.18 Å². The van der Waals surface area contributed by atoms with Crippen molar-refractivity contribution in [2.45, 2.75) is 6.04 Å². The van der Waals surface area contributed by atoms with Gasteiger partial charge in [-0.15, -0.1) is 0 Å². The van der Waals surface area contributed by atoms with Crippen molar-refractivity contribution in [1.29, 1.82) is 0 Å². The number of rotatable bonds is 6. The summed E-state index contributed by atoms with van der Waals surface area (Å²) in [6.07, 6.45) is 0. The number of hydrogen-bond acceptors (Lipinski definition) is 3. The molecule has 1 fully saturated rings. The number of benzene rings is 4. The molecule has 1 aliphatic rings. The monoisotopic (exact) mass is 550 g/mol. The molecule has 40 heavy (non-hydrogen) atoms. The third-order valence-electron chi connectivity index (χ3n) is 7.32. The molecule has 5 aromatic rings. The lowest BCUT2D eigenvalue weighted by atomic mass is 9.96. The lowest BCUT2D eigenvalue weighted by Crippen LogP contribution is -2.50. The van der Waals surface area contributed by atoms with E-state index in [1.54, 1.807) is 35.0 Å². The largest absolute Gasteiger partial charge is 0.335 e. The Morgan fingerprint density at radius 2 is 1.38 bits per heavy atom. The van der Waals surface area contributed by atoms with Crippen LogP contribution in [0.15, 0.2) is 115 Å². The maximum absolute atomic E-state index is 13.9. The highest BCUT2D eigenvalue weighted by Crippen LogP contribution is 2.30. The van der Waals surface area contributed by atoms with Gasteiger partial charge in [-0.2, -0.15) is 5.10 Å². The van der Waals surface area contributed by atoms with E-state index in [1.165, 1.54) is 23.3 Å². The van der Waals surface area contributed by atoms with Gasteiger partial charge in [0.2, 0.25) is 0 Å². The van der Waals surface area contributed by atoms with E-state index >= 15 is 0 Å². The van der Waals surface area contributed by atoms with Crippen molar-refractivity contribution in [2.75, 3.05) is 26.2 Å². The van der Waals surface area contributed by atoms with Gasteiger partial charge in [-0.05, 0) is 59.7 Å². The topological polar surface area (TPSA) is 41.4 Å². The normalized spacial score (nSPS) is 14.0. The van der Waals surface area contributed by atoms with Crippen molar-refractivity contribution in [3.05, 3.63) is 143 Å². The molecule has 0 unspecified atom stereocenters. The van der Waals surface area contributed by atoms with Gasteiger partial charge in [0.1, 0.15) is 11.5 Å². The predicted molar refractivity (Wildman–Crippen MR) is 156 cm³/mol. The minimum absolute atomic E-state index is 0.101. The predicted octanol–water partition coefficient (Wildman–Crippen LogP) is 6.88. The van der Waals surface area contributed by atoms with Gasteiger partial charge in [0, 0.05) is 36.8 Å². The van der Waals surface area contributed by atoms with E-state index in [2.05, 4.69) is 53.4 Å². The van der Waals surface area contributed by atoms with Gasteiger partial charge >= 0.3 is 0 Å². The summed E-state index contributed by atoms with van der Waals surface area (Å²) in [5.41, 5.74) is 4.92. The summed E-state index contributed by atoms with van der Waals surface area (Å²) in [6, 6.07) is 36.3. The molecule has 200 valence electrons. The summed E-state index contributed by atoms with van der Waals surface area (Å²) < 4.78 is 15.2. The first-order valence-corrected chi connectivity index (χ1v) is 13.7. The number of halogens is 2. The van der Waals surface area contributed by atoms with Crippen LogP contribution in [-0.4, -0.2) is 51.7 Å². The van der Waals surface area contributed by atoms with E-state index in [1.807, 2.05) is 29.2 Å². The Hall–Kier alpha value is -4.26. The first kappa shape index (κ1) is 26.0. The lowest BCUT2D eigenvalue weighted by Gasteiger charge is -2.39. The molecule has 1 aliphatic heterocycles. The Kier molecular flexibility index (Phi) is 7.45. The third-order valence-corrected chi connectivity index (χ3v) is 7.55. The fourth-order valence-electron chi connectivity index (χ4n) is 5.33. The standard InChI is InChI=1S/C33H28ClFN4O/c34-27-12-7-13-29(22-27)39-31(23-30(36-39)24-14-16-28(35)17-15-24)33(40)38-20-18-37(19-21-38)32(25-8-3-1-4-9-25)26-10-5-2-6-11-26/h1-17,22-23,32H,18-21H2. The van der Waals surface area contributed by atoms with Crippen molar-refractivity contribution in [1.82, 2.24) is 19.6 Å². The van der Waals surface area contributed by atoms with Gasteiger partial charge in [0.05, 0.1) is 17.4 Å². The quantitative estimate of drug-likeness (QED) is 0.231. The minimum atomic E-state index is -0.323. The van der Waals surface area contributed by atoms with Gasteiger partial charge in [-0.25, -0.2) is 9.07 Å². The highest BCUT2D eigenvalue weighted by molar-refractivity contribution is 6.30. The van der Waals surface area contributed by atoms with Gasteiger partial charge in [-0.3, -0.25) is 9.69 Å². The second-order valence-corrected chi connectivity index (χ2v) is 10.3. The molecule has 0 aliphatic carbocycles. The van der Waals surface area contributed by atoms with Crippen LogP contribution in [0.2, 0.25) is 5.02 Å². The number of aromatic nitrogens is 2. The maximum Gasteiger partial charge on any atom is 0.272 e. The van der Waals surface area contributed by atoms with Crippen LogP contribution in [0.3, 0.4) is 0 Å². The molecule has 1 amide bonds. The highest BCUT2D eigenvalue weighted by atomic mass is 35.5. The molecule has 0 saturated carbocycles. The summed E-state index contributed by atoms with van der Waals surface area (Å²) in [7, 11) is 0. The Labute approximate surface area is 238 Å². The van der Waals surface area contributed by atoms with E-state index in [0.717, 1.165) is 18.7 Å². The molecule has 0 bridgehead atoms. The molecule has 7 heteroatoms. The molecule has 1 aromatic heterocycles. The van der Waals surface area contributed by atoms with Crippen LogP contribution < -0.4 is 0 Å². The minimum Gasteiger partial charge on any atom is -0.335 e. The van der Waals surface area contributed by atoms with Crippen LogP contribution >= 0.6 is 11.6 Å². The number of carbonyl (C=O) groups is 1. The molecule has 1 saturated heterocycles. The number of piperazine rings is 1. The van der Waals surface area contributed by atoms with E-state index in [0.29, 0.717) is 35.2 Å². The molecule has 0 N–H and O–H groups in total. The summed E-state index contributed by atoms with van der Waals surface area (Å²) >= 11 is 6.28. The molecular weight excluding hydrogens is 523 g/mol. The van der Waals surface area contributed by atoms with Crippen LogP contribution in [0.1, 0.15) is 27.7 Å². The van der Waals surface area contributed by atoms with Crippen molar-refractivity contribution in [3.63, 3.8) is 0 Å². The lowest BCUT2D eigenvalue weighted by molar-refractivity contribution is 0.0588. The third kappa shape index (κ3) is 5.41. The van der Waals surface area contributed by atoms with E-state index < -0.39 is 0 Å². The zero-order valence-corrected chi connectivity index (χ0v) is 22.6. The molecule has 2 heterocycles. The molecular formula is C33H28ClFN4O. The zero-order valence-electron chi connectivity index (χ0n) is 21.8. The Balaban J connectivity index is 1.28. The van der Waals surface area contributed by atoms with Crippen molar-refractivity contribution in [3.8, 4) is 16.9 Å². The molecule has 0 radical (unpaired) electrons. The maximum atomic E-state index is 13.9. The van der Waals surface area contributed by atoms with Crippen molar-refractivity contribution in [2.24, 2.45) is 0 Å². The highest BCUT2D eigenvalue weighted by Gasteiger charge is 2.30. The number of hydrogen-bond donors (Lipinski definition) is 0. The summed E-state index contributed by atoms with van der Waals surface area (Å²) in [6.45, 7) is 2.63. The zero-order chi connectivity index (χ0) is 27.5. The summed E-state index contributed by atoms with van der Waals surface area (Å²) in [5, 5.41) is 5.29. The number of nitrogens with zero attached hydrogens (tertiary/aromatic N) is 4. The van der Waals surface area contributed by atoms with E-state index in [4.69, 9.17) is 16.7 Å². The Morgan fingerprint density at radius 1 is 0.750 bits per heavy atom. The average molecular weight is 551 g/mol. The van der Waals surface area contributed by atoms with Crippen LogP contribution in [0, 0.1) is 5.82 Å². The van der Waals surface area contributed by atoms with Crippen LogP contribution in [0.25, 0.3) is 16.9 Å². The molecule has 5 nitrogen and oxygen atoms in total. The Bertz CT molecular complexity index is 1560. The van der Waals surface area contributed by atoms with Gasteiger partial charge in [-0.1, -0.05) is 78.3 Å². The van der Waals surface area contributed by atoms with Crippen molar-refractivity contribution < 1.29 is 9.18 Å². The fourth-order valence-corrected chi connectivity index (χ4v) is 5.51. The van der Waals surface area contributed by atoms with Gasteiger partial charge in [0.15, 0.2) is 0 Å². The smallest absolute Gasteiger partial charge is 0.272 e. The van der Waals surface area contributed by atoms with Crippen LogP contribution in [-0.2, 0) is 0 Å².